The van der Waals surface area contributed by atoms with E-state index in [1.54, 1.807) is 0 Å². The van der Waals surface area contributed by atoms with Crippen molar-refractivity contribution in [3.63, 3.8) is 0 Å². The van der Waals surface area contributed by atoms with Gasteiger partial charge in [0.25, 0.3) is 0 Å². The predicted octanol–water partition coefficient (Wildman–Crippen LogP) is 3.27. The van der Waals surface area contributed by atoms with Gasteiger partial charge in [0.1, 0.15) is 0 Å². The van der Waals surface area contributed by atoms with Crippen molar-refractivity contribution in [1.82, 2.24) is 5.32 Å². The largest absolute Gasteiger partial charge is 0.481 e. The van der Waals surface area contributed by atoms with E-state index < -0.39 is 5.97 Å². The van der Waals surface area contributed by atoms with Gasteiger partial charge in [-0.15, -0.1) is 0 Å². The molecule has 0 bridgehead atoms. The van der Waals surface area contributed by atoms with Crippen LogP contribution in [0.5, 0.6) is 0 Å². The minimum atomic E-state index is -0.831. The monoisotopic (exact) mass is 323 g/mol. The summed E-state index contributed by atoms with van der Waals surface area (Å²) in [6.07, 6.45) is 1.14. The minimum absolute atomic E-state index is 0.0410. The van der Waals surface area contributed by atoms with E-state index in [9.17, 15) is 9.59 Å². The molecule has 1 aromatic rings. The van der Waals surface area contributed by atoms with Gasteiger partial charge in [-0.1, -0.05) is 38.1 Å². The highest BCUT2D eigenvalue weighted by Gasteiger charge is 2.10. The molecule has 0 aliphatic heterocycles. The molecular weight excluding hydrogens is 298 g/mol. The Bertz CT molecular complexity index is 485. The fourth-order valence-corrected chi connectivity index (χ4v) is 2.84. The van der Waals surface area contributed by atoms with Gasteiger partial charge in [0.05, 0.1) is 18.2 Å². The number of amides is 1. The van der Waals surface area contributed by atoms with Crippen LogP contribution in [0.2, 0.25) is 0 Å². The lowest BCUT2D eigenvalue weighted by molar-refractivity contribution is -0.136. The lowest BCUT2D eigenvalue weighted by Crippen LogP contribution is -2.28. The molecule has 0 spiro atoms. The maximum atomic E-state index is 11.8. The maximum Gasteiger partial charge on any atom is 0.304 e. The molecule has 1 rings (SSSR count). The van der Waals surface area contributed by atoms with Crippen LogP contribution in [-0.4, -0.2) is 28.5 Å². The number of carboxylic acids is 1. The highest BCUT2D eigenvalue weighted by molar-refractivity contribution is 7.99. The number of rotatable bonds is 9. The third kappa shape index (κ3) is 7.50. The molecule has 1 unspecified atom stereocenters. The summed E-state index contributed by atoms with van der Waals surface area (Å²) in [5, 5.41) is 11.5. The van der Waals surface area contributed by atoms with Gasteiger partial charge in [0, 0.05) is 5.75 Å². The van der Waals surface area contributed by atoms with Crippen molar-refractivity contribution in [2.45, 2.75) is 39.7 Å². The van der Waals surface area contributed by atoms with E-state index >= 15 is 0 Å². The van der Waals surface area contributed by atoms with Crippen molar-refractivity contribution in [1.29, 1.82) is 0 Å². The molecule has 5 heteroatoms. The molecule has 0 aromatic heterocycles. The van der Waals surface area contributed by atoms with E-state index in [0.717, 1.165) is 12.0 Å². The Hall–Kier alpha value is -1.49. The summed E-state index contributed by atoms with van der Waals surface area (Å²) in [6.45, 7) is 6.34. The molecule has 0 radical (unpaired) electrons. The number of thioether (sulfide) groups is 1. The second-order valence-corrected chi connectivity index (χ2v) is 6.93. The number of benzene rings is 1. The third-order valence-corrected chi connectivity index (χ3v) is 4.15. The van der Waals surface area contributed by atoms with Crippen molar-refractivity contribution in [3.8, 4) is 0 Å². The Balaban J connectivity index is 2.39. The van der Waals surface area contributed by atoms with Crippen LogP contribution in [0.15, 0.2) is 24.3 Å². The van der Waals surface area contributed by atoms with E-state index in [0.29, 0.717) is 17.4 Å². The number of carbonyl (C=O) groups is 2. The van der Waals surface area contributed by atoms with Crippen LogP contribution >= 0.6 is 11.8 Å². The van der Waals surface area contributed by atoms with Crippen molar-refractivity contribution in [2.24, 2.45) is 5.92 Å². The summed E-state index contributed by atoms with van der Waals surface area (Å²) < 4.78 is 0. The first-order valence-corrected chi connectivity index (χ1v) is 8.71. The van der Waals surface area contributed by atoms with Gasteiger partial charge >= 0.3 is 5.97 Å². The Morgan fingerprint density at radius 3 is 2.36 bits per heavy atom. The number of carbonyl (C=O) groups excluding carboxylic acids is 1. The Morgan fingerprint density at radius 1 is 1.18 bits per heavy atom. The van der Waals surface area contributed by atoms with Gasteiger partial charge in [-0.05, 0) is 30.4 Å². The summed E-state index contributed by atoms with van der Waals surface area (Å²) in [4.78, 5) is 22.2. The number of hydrogen-bond acceptors (Lipinski definition) is 3. The van der Waals surface area contributed by atoms with Crippen LogP contribution in [0, 0.1) is 5.92 Å². The van der Waals surface area contributed by atoms with Crippen molar-refractivity contribution in [3.05, 3.63) is 35.4 Å². The maximum absolute atomic E-state index is 11.8. The molecule has 4 nitrogen and oxygen atoms in total. The van der Waals surface area contributed by atoms with E-state index in [4.69, 9.17) is 5.11 Å². The first-order chi connectivity index (χ1) is 10.4. The van der Waals surface area contributed by atoms with E-state index in [-0.39, 0.29) is 18.4 Å². The number of hydrogen-bond donors (Lipinski definition) is 2. The number of nitrogens with one attached hydrogen (secondary N) is 1. The van der Waals surface area contributed by atoms with Gasteiger partial charge < -0.3 is 10.4 Å². The second-order valence-electron chi connectivity index (χ2n) is 5.83. The molecule has 1 amide bonds. The molecule has 122 valence electrons. The smallest absolute Gasteiger partial charge is 0.304 e. The van der Waals surface area contributed by atoms with Gasteiger partial charge in [0.15, 0.2) is 0 Å². The topological polar surface area (TPSA) is 66.4 Å². The van der Waals surface area contributed by atoms with Crippen LogP contribution in [0.4, 0.5) is 0 Å². The summed E-state index contributed by atoms with van der Waals surface area (Å²) in [6, 6.07) is 8.29. The fraction of sp³-hybridized carbons (Fsp3) is 0.529. The molecule has 1 aromatic carbocycles. The molecule has 0 saturated carbocycles. The van der Waals surface area contributed by atoms with Gasteiger partial charge in [-0.3, -0.25) is 9.59 Å². The summed E-state index contributed by atoms with van der Waals surface area (Å²) in [5.41, 5.74) is 2.39. The van der Waals surface area contributed by atoms with Crippen LogP contribution in [0.3, 0.4) is 0 Å². The third-order valence-electron chi connectivity index (χ3n) is 3.19. The molecule has 22 heavy (non-hydrogen) atoms. The fourth-order valence-electron chi connectivity index (χ4n) is 2.10. The zero-order valence-corrected chi connectivity index (χ0v) is 14.3. The normalized spacial score (nSPS) is 12.2. The van der Waals surface area contributed by atoms with Crippen molar-refractivity contribution in [2.75, 3.05) is 11.5 Å². The van der Waals surface area contributed by atoms with Crippen molar-refractivity contribution >= 4 is 23.6 Å². The molecular formula is C17H25NO3S. The van der Waals surface area contributed by atoms with Gasteiger partial charge in [-0.25, -0.2) is 0 Å². The number of aliphatic carboxylic acids is 1. The summed E-state index contributed by atoms with van der Waals surface area (Å²) in [5.74, 6) is 0.493. The van der Waals surface area contributed by atoms with Gasteiger partial charge in [0.2, 0.25) is 5.91 Å². The first-order valence-electron chi connectivity index (χ1n) is 7.56. The van der Waals surface area contributed by atoms with E-state index in [1.165, 1.54) is 17.3 Å². The van der Waals surface area contributed by atoms with E-state index in [1.807, 2.05) is 6.92 Å². The molecule has 0 aliphatic rings. The summed E-state index contributed by atoms with van der Waals surface area (Å²) in [7, 11) is 0. The predicted molar refractivity (Wildman–Crippen MR) is 91.1 cm³/mol. The first kappa shape index (κ1) is 18.6. The zero-order valence-electron chi connectivity index (χ0n) is 13.5. The molecule has 2 N–H and O–H groups in total. The lowest BCUT2D eigenvalue weighted by Gasteiger charge is -2.15. The Labute approximate surface area is 136 Å². The summed E-state index contributed by atoms with van der Waals surface area (Å²) >= 11 is 1.34. The van der Waals surface area contributed by atoms with Crippen molar-refractivity contribution < 1.29 is 14.7 Å². The van der Waals surface area contributed by atoms with Crippen LogP contribution in [-0.2, 0) is 16.0 Å². The molecule has 1 atom stereocenters. The number of carboxylic acid groups (broad SMARTS) is 1. The lowest BCUT2D eigenvalue weighted by atomic mass is 10.00. The SMILES string of the molecule is CC(C)Cc1ccc(C(C)NC(=O)CSCCC(=O)O)cc1. The van der Waals surface area contributed by atoms with Crippen LogP contribution in [0.1, 0.15) is 44.4 Å². The molecule has 0 aliphatic carbocycles. The second kappa shape index (κ2) is 9.51. The minimum Gasteiger partial charge on any atom is -0.481 e. The molecule has 0 heterocycles. The quantitative estimate of drug-likeness (QED) is 0.685. The standard InChI is InChI=1S/C17H25NO3S/c1-12(2)10-14-4-6-15(7-5-14)13(3)18-16(19)11-22-9-8-17(20)21/h4-7,12-13H,8-11H2,1-3H3,(H,18,19)(H,20,21). The highest BCUT2D eigenvalue weighted by atomic mass is 32.2. The Kier molecular flexibility index (Phi) is 8.02. The van der Waals surface area contributed by atoms with Crippen LogP contribution in [0.25, 0.3) is 0 Å². The molecule has 0 saturated heterocycles. The van der Waals surface area contributed by atoms with E-state index in [2.05, 4.69) is 43.4 Å². The van der Waals surface area contributed by atoms with Crippen LogP contribution < -0.4 is 5.32 Å². The average molecular weight is 323 g/mol. The average Bonchev–Trinajstić information content (AvgIpc) is 2.43. The Morgan fingerprint density at radius 2 is 1.82 bits per heavy atom. The molecule has 0 fully saturated rings. The van der Waals surface area contributed by atoms with Gasteiger partial charge in [-0.2, -0.15) is 11.8 Å². The highest BCUT2D eigenvalue weighted by Crippen LogP contribution is 2.16. The zero-order chi connectivity index (χ0) is 16.5.